The minimum Gasteiger partial charge on any atom is -0.496 e. The van der Waals surface area contributed by atoms with Gasteiger partial charge >= 0.3 is 0 Å². The fourth-order valence-corrected chi connectivity index (χ4v) is 3.63. The summed E-state index contributed by atoms with van der Waals surface area (Å²) in [6, 6.07) is 8.35. The van der Waals surface area contributed by atoms with Gasteiger partial charge in [-0.3, -0.25) is 0 Å². The van der Waals surface area contributed by atoms with Crippen LogP contribution in [0.25, 0.3) is 0 Å². The molecule has 0 fully saturated rings. The number of rotatable bonds is 6. The zero-order valence-electron chi connectivity index (χ0n) is 11.2. The lowest BCUT2D eigenvalue weighted by molar-refractivity contribution is 0.404. The average molecular weight is 340 g/mol. The number of nitrogens with one attached hydrogen (secondary N) is 1. The lowest BCUT2D eigenvalue weighted by atomic mass is 10.00. The first-order valence-corrected chi connectivity index (χ1v) is 8.09. The van der Waals surface area contributed by atoms with E-state index in [4.69, 9.17) is 4.74 Å². The number of thiophene rings is 1. The van der Waals surface area contributed by atoms with Gasteiger partial charge in [0.05, 0.1) is 13.2 Å². The zero-order valence-corrected chi connectivity index (χ0v) is 13.6. The van der Waals surface area contributed by atoms with Crippen molar-refractivity contribution in [2.45, 2.75) is 19.4 Å². The minimum absolute atomic E-state index is 0.164. The third-order valence-corrected chi connectivity index (χ3v) is 4.75. The molecule has 1 unspecified atom stereocenters. The lowest BCUT2D eigenvalue weighted by Gasteiger charge is -2.21. The van der Waals surface area contributed by atoms with E-state index in [0.29, 0.717) is 0 Å². The van der Waals surface area contributed by atoms with Crippen LogP contribution in [0, 0.1) is 0 Å². The smallest absolute Gasteiger partial charge is 0.123 e. The lowest BCUT2D eigenvalue weighted by Crippen LogP contribution is -2.23. The van der Waals surface area contributed by atoms with Crippen molar-refractivity contribution in [3.63, 3.8) is 0 Å². The fourth-order valence-electron chi connectivity index (χ4n) is 2.08. The van der Waals surface area contributed by atoms with Crippen molar-refractivity contribution in [3.05, 3.63) is 50.6 Å². The van der Waals surface area contributed by atoms with Crippen LogP contribution in [0.1, 0.15) is 30.5 Å². The molecular formula is C15H18BrNOS. The summed E-state index contributed by atoms with van der Waals surface area (Å²) in [5.41, 5.74) is 2.44. The monoisotopic (exact) mass is 339 g/mol. The maximum absolute atomic E-state index is 5.49. The fraction of sp³-hybridized carbons (Fsp3) is 0.333. The Bertz CT molecular complexity index is 526. The minimum atomic E-state index is 0.164. The normalized spacial score (nSPS) is 12.4. The van der Waals surface area contributed by atoms with Gasteiger partial charge < -0.3 is 10.1 Å². The van der Waals surface area contributed by atoms with Crippen molar-refractivity contribution < 1.29 is 4.74 Å². The first-order chi connectivity index (χ1) is 9.27. The molecule has 1 aromatic heterocycles. The summed E-state index contributed by atoms with van der Waals surface area (Å²) in [6.07, 6.45) is 1.10. The summed E-state index contributed by atoms with van der Waals surface area (Å²) in [4.78, 5) is 0. The molecule has 0 saturated heterocycles. The van der Waals surface area contributed by atoms with Crippen LogP contribution in [0.2, 0.25) is 0 Å². The van der Waals surface area contributed by atoms with Crippen molar-refractivity contribution in [1.29, 1.82) is 0 Å². The summed E-state index contributed by atoms with van der Waals surface area (Å²) in [6.45, 7) is 3.15. The van der Waals surface area contributed by atoms with E-state index >= 15 is 0 Å². The number of ether oxygens (including phenoxy) is 1. The van der Waals surface area contributed by atoms with Gasteiger partial charge in [0, 0.05) is 15.4 Å². The van der Waals surface area contributed by atoms with Crippen LogP contribution >= 0.6 is 27.3 Å². The third-order valence-electron chi connectivity index (χ3n) is 3.00. The molecule has 0 spiro atoms. The van der Waals surface area contributed by atoms with Gasteiger partial charge in [0.25, 0.3) is 0 Å². The van der Waals surface area contributed by atoms with Crippen LogP contribution in [-0.2, 0) is 0 Å². The maximum Gasteiger partial charge on any atom is 0.123 e. The second-order valence-electron chi connectivity index (χ2n) is 4.30. The van der Waals surface area contributed by atoms with E-state index < -0.39 is 0 Å². The Morgan fingerprint density at radius 3 is 2.68 bits per heavy atom. The topological polar surface area (TPSA) is 21.3 Å². The van der Waals surface area contributed by atoms with Crippen LogP contribution in [0.5, 0.6) is 5.75 Å². The predicted molar refractivity (Wildman–Crippen MR) is 85.1 cm³/mol. The SMILES string of the molecule is CCCNC(c1cscc1Br)c1ccccc1OC. The molecule has 0 aliphatic rings. The Kier molecular flexibility index (Phi) is 5.43. The van der Waals surface area contributed by atoms with Crippen LogP contribution in [-0.4, -0.2) is 13.7 Å². The molecule has 0 radical (unpaired) electrons. The predicted octanol–water partition coefficient (Wildman–Crippen LogP) is 4.61. The largest absolute Gasteiger partial charge is 0.496 e. The Hall–Kier alpha value is -0.840. The molecule has 0 amide bonds. The molecule has 0 aliphatic carbocycles. The Balaban J connectivity index is 2.40. The number of hydrogen-bond donors (Lipinski definition) is 1. The molecule has 4 heteroatoms. The molecule has 0 aliphatic heterocycles. The van der Waals surface area contributed by atoms with Crippen molar-refractivity contribution in [2.24, 2.45) is 0 Å². The standard InChI is InChI=1S/C15H18BrNOS/c1-3-8-17-15(12-9-19-10-13(12)16)11-6-4-5-7-14(11)18-2/h4-7,9-10,15,17H,3,8H2,1-2H3. The Labute approximate surface area is 126 Å². The first-order valence-electron chi connectivity index (χ1n) is 6.35. The molecule has 2 rings (SSSR count). The van der Waals surface area contributed by atoms with E-state index in [0.717, 1.165) is 23.2 Å². The highest BCUT2D eigenvalue weighted by Gasteiger charge is 2.20. The molecule has 1 N–H and O–H groups in total. The summed E-state index contributed by atoms with van der Waals surface area (Å²) < 4.78 is 6.64. The van der Waals surface area contributed by atoms with Gasteiger partial charge in [0.15, 0.2) is 0 Å². The van der Waals surface area contributed by atoms with E-state index in [2.05, 4.69) is 51.1 Å². The van der Waals surface area contributed by atoms with E-state index in [1.54, 1.807) is 18.4 Å². The van der Waals surface area contributed by atoms with Gasteiger partial charge in [-0.25, -0.2) is 0 Å². The summed E-state index contributed by atoms with van der Waals surface area (Å²) in [5, 5.41) is 7.90. The van der Waals surface area contributed by atoms with Crippen LogP contribution in [0.3, 0.4) is 0 Å². The van der Waals surface area contributed by atoms with Crippen LogP contribution < -0.4 is 10.1 Å². The quantitative estimate of drug-likeness (QED) is 0.829. The molecular weight excluding hydrogens is 322 g/mol. The number of benzene rings is 1. The van der Waals surface area contributed by atoms with Crippen molar-refractivity contribution in [2.75, 3.05) is 13.7 Å². The molecule has 2 nitrogen and oxygen atoms in total. The van der Waals surface area contributed by atoms with Crippen LogP contribution in [0.4, 0.5) is 0 Å². The average Bonchev–Trinajstić information content (AvgIpc) is 2.86. The molecule has 1 aromatic carbocycles. The first kappa shape index (κ1) is 14.6. The molecule has 1 heterocycles. The molecule has 2 aromatic rings. The second kappa shape index (κ2) is 7.08. The third kappa shape index (κ3) is 3.38. The van der Waals surface area contributed by atoms with Gasteiger partial charge in [-0.1, -0.05) is 25.1 Å². The number of methoxy groups -OCH3 is 1. The highest BCUT2D eigenvalue weighted by atomic mass is 79.9. The summed E-state index contributed by atoms with van der Waals surface area (Å²) in [5.74, 6) is 0.925. The highest BCUT2D eigenvalue weighted by Crippen LogP contribution is 2.35. The second-order valence-corrected chi connectivity index (χ2v) is 5.90. The number of para-hydroxylation sites is 1. The van der Waals surface area contributed by atoms with Gasteiger partial charge in [-0.15, -0.1) is 0 Å². The van der Waals surface area contributed by atoms with E-state index in [9.17, 15) is 0 Å². The van der Waals surface area contributed by atoms with E-state index in [1.165, 1.54) is 11.1 Å². The van der Waals surface area contributed by atoms with Crippen molar-refractivity contribution in [3.8, 4) is 5.75 Å². The molecule has 0 saturated carbocycles. The highest BCUT2D eigenvalue weighted by molar-refractivity contribution is 9.10. The zero-order chi connectivity index (χ0) is 13.7. The number of hydrogen-bond acceptors (Lipinski definition) is 3. The Morgan fingerprint density at radius 2 is 2.05 bits per heavy atom. The van der Waals surface area contributed by atoms with Gasteiger partial charge in [-0.2, -0.15) is 11.3 Å². The Morgan fingerprint density at radius 1 is 1.26 bits per heavy atom. The maximum atomic E-state index is 5.49. The molecule has 102 valence electrons. The number of halogens is 1. The molecule has 19 heavy (non-hydrogen) atoms. The summed E-state index contributed by atoms with van der Waals surface area (Å²) in [7, 11) is 1.72. The molecule has 1 atom stereocenters. The van der Waals surface area contributed by atoms with Gasteiger partial charge in [0.2, 0.25) is 0 Å². The van der Waals surface area contributed by atoms with Gasteiger partial charge in [0.1, 0.15) is 5.75 Å². The summed E-state index contributed by atoms with van der Waals surface area (Å²) >= 11 is 5.34. The van der Waals surface area contributed by atoms with Crippen molar-refractivity contribution >= 4 is 27.3 Å². The van der Waals surface area contributed by atoms with Crippen molar-refractivity contribution in [1.82, 2.24) is 5.32 Å². The van der Waals surface area contributed by atoms with Gasteiger partial charge in [-0.05, 0) is 45.9 Å². The van der Waals surface area contributed by atoms with Crippen LogP contribution in [0.15, 0.2) is 39.5 Å². The molecule has 0 bridgehead atoms. The van der Waals surface area contributed by atoms with E-state index in [1.807, 2.05) is 12.1 Å². The van der Waals surface area contributed by atoms with E-state index in [-0.39, 0.29) is 6.04 Å².